The maximum Gasteiger partial charge on any atom is 0.239 e. The van der Waals surface area contributed by atoms with Crippen LogP contribution in [0, 0.1) is 5.92 Å². The molecule has 1 aliphatic carbocycles. The van der Waals surface area contributed by atoms with Gasteiger partial charge in [0.15, 0.2) is 0 Å². The first-order chi connectivity index (χ1) is 18.1. The zero-order valence-corrected chi connectivity index (χ0v) is 22.7. The number of nitrogens with zero attached hydrogens (tertiary/aromatic N) is 1. The number of nitrogens with one attached hydrogen (secondary N) is 3. The van der Waals surface area contributed by atoms with E-state index >= 15 is 0 Å². The topological polar surface area (TPSA) is 114 Å². The highest BCUT2D eigenvalue weighted by molar-refractivity contribution is 5.83. The molecule has 1 heterocycles. The standard InChI is InChI=1S/C30H42N4O4/c1-30(2,3)33-29(38)25-18-31-13-14-34(25)19-23(35)16-22(15-20-9-5-4-6-10-20)28(37)32-27-24-12-8-7-11-21(24)17-26(27)36/h4-12,22-23,25-27,31,35-36H,13-19H2,1-3H3,(H,32,37)(H,33,38)/t22?,23-,25?,26+,27?/m0/s1. The molecule has 5 N–H and O–H groups in total. The monoisotopic (exact) mass is 522 g/mol. The fraction of sp³-hybridized carbons (Fsp3) is 0.533. The van der Waals surface area contributed by atoms with Crippen molar-refractivity contribution in [1.82, 2.24) is 20.9 Å². The predicted molar refractivity (Wildman–Crippen MR) is 147 cm³/mol. The van der Waals surface area contributed by atoms with E-state index in [2.05, 4.69) is 16.0 Å². The molecule has 1 fully saturated rings. The van der Waals surface area contributed by atoms with Gasteiger partial charge < -0.3 is 26.2 Å². The van der Waals surface area contributed by atoms with Gasteiger partial charge in [0.25, 0.3) is 0 Å². The Morgan fingerprint density at radius 1 is 1.11 bits per heavy atom. The van der Waals surface area contributed by atoms with E-state index in [1.807, 2.05) is 80.3 Å². The Morgan fingerprint density at radius 3 is 2.55 bits per heavy atom. The average Bonchev–Trinajstić information content (AvgIpc) is 3.18. The predicted octanol–water partition coefficient (Wildman–Crippen LogP) is 1.56. The fourth-order valence-electron chi connectivity index (χ4n) is 5.55. The molecule has 2 amide bonds. The van der Waals surface area contributed by atoms with Gasteiger partial charge in [-0.3, -0.25) is 14.5 Å². The van der Waals surface area contributed by atoms with E-state index in [1.54, 1.807) is 0 Å². The molecule has 1 saturated heterocycles. The van der Waals surface area contributed by atoms with E-state index in [0.717, 1.165) is 23.2 Å². The van der Waals surface area contributed by atoms with Crippen molar-refractivity contribution in [3.05, 3.63) is 71.3 Å². The molecule has 2 aromatic carbocycles. The third-order valence-corrected chi connectivity index (χ3v) is 7.35. The Kier molecular flexibility index (Phi) is 9.20. The Labute approximate surface area is 225 Å². The summed E-state index contributed by atoms with van der Waals surface area (Å²) in [7, 11) is 0. The van der Waals surface area contributed by atoms with Crippen molar-refractivity contribution in [2.24, 2.45) is 5.92 Å². The van der Waals surface area contributed by atoms with Crippen LogP contribution in [-0.4, -0.2) is 76.9 Å². The number of rotatable bonds is 9. The highest BCUT2D eigenvalue weighted by atomic mass is 16.3. The summed E-state index contributed by atoms with van der Waals surface area (Å²) in [6.45, 7) is 8.05. The van der Waals surface area contributed by atoms with E-state index in [1.165, 1.54) is 0 Å². The van der Waals surface area contributed by atoms with Crippen LogP contribution < -0.4 is 16.0 Å². The van der Waals surface area contributed by atoms with Gasteiger partial charge in [0.05, 0.1) is 18.2 Å². The van der Waals surface area contributed by atoms with Gasteiger partial charge in [0, 0.05) is 44.1 Å². The smallest absolute Gasteiger partial charge is 0.239 e. The Morgan fingerprint density at radius 2 is 1.82 bits per heavy atom. The largest absolute Gasteiger partial charge is 0.392 e. The zero-order valence-electron chi connectivity index (χ0n) is 22.7. The van der Waals surface area contributed by atoms with Crippen molar-refractivity contribution in [3.63, 3.8) is 0 Å². The molecule has 3 unspecified atom stereocenters. The quantitative estimate of drug-likeness (QED) is 0.342. The van der Waals surface area contributed by atoms with E-state index in [0.29, 0.717) is 32.5 Å². The molecule has 1 aliphatic heterocycles. The lowest BCUT2D eigenvalue weighted by Gasteiger charge is -2.38. The summed E-state index contributed by atoms with van der Waals surface area (Å²) in [6.07, 6.45) is -0.236. The summed E-state index contributed by atoms with van der Waals surface area (Å²) >= 11 is 0. The third-order valence-electron chi connectivity index (χ3n) is 7.35. The lowest BCUT2D eigenvalue weighted by molar-refractivity contribution is -0.130. The molecule has 5 atom stereocenters. The minimum Gasteiger partial charge on any atom is -0.392 e. The van der Waals surface area contributed by atoms with E-state index in [9.17, 15) is 19.8 Å². The van der Waals surface area contributed by atoms with Gasteiger partial charge in [0.1, 0.15) is 6.04 Å². The number of β-amino-alcohol motifs (C(OH)–C–C–N with tert-alkyl or cyclic N) is 1. The zero-order chi connectivity index (χ0) is 27.3. The van der Waals surface area contributed by atoms with Crippen LogP contribution >= 0.6 is 0 Å². The van der Waals surface area contributed by atoms with Crippen molar-refractivity contribution in [2.45, 2.75) is 69.9 Å². The number of carbonyl (C=O) groups is 2. The molecule has 0 aromatic heterocycles. The molecule has 0 bridgehead atoms. The minimum absolute atomic E-state index is 0.0654. The van der Waals surface area contributed by atoms with Crippen LogP contribution in [0.15, 0.2) is 54.6 Å². The lowest BCUT2D eigenvalue weighted by atomic mass is 9.91. The number of carbonyl (C=O) groups excluding carboxylic acids is 2. The Balaban J connectivity index is 1.45. The molecule has 2 aromatic rings. The highest BCUT2D eigenvalue weighted by Gasteiger charge is 2.35. The summed E-state index contributed by atoms with van der Waals surface area (Å²) in [5.41, 5.74) is 2.65. The summed E-state index contributed by atoms with van der Waals surface area (Å²) in [5.74, 6) is -0.738. The number of aliphatic hydroxyl groups excluding tert-OH is 2. The van der Waals surface area contributed by atoms with Crippen LogP contribution in [0.3, 0.4) is 0 Å². The van der Waals surface area contributed by atoms with Gasteiger partial charge in [-0.05, 0) is 50.3 Å². The molecule has 206 valence electrons. The molecule has 0 radical (unpaired) electrons. The SMILES string of the molecule is CC(C)(C)NC(=O)C1CNCCN1C[C@@H](O)CC(Cc1ccccc1)C(=O)NC1c2ccccc2C[C@H]1O. The normalized spacial score (nSPS) is 23.3. The maximum absolute atomic E-state index is 13.6. The second-order valence-corrected chi connectivity index (χ2v) is 11.7. The van der Waals surface area contributed by atoms with Gasteiger partial charge >= 0.3 is 0 Å². The fourth-order valence-corrected chi connectivity index (χ4v) is 5.55. The lowest BCUT2D eigenvalue weighted by Crippen LogP contribution is -2.61. The van der Waals surface area contributed by atoms with Crippen molar-refractivity contribution < 1.29 is 19.8 Å². The van der Waals surface area contributed by atoms with Crippen LogP contribution in [0.25, 0.3) is 0 Å². The van der Waals surface area contributed by atoms with Crippen LogP contribution in [0.1, 0.15) is 49.9 Å². The van der Waals surface area contributed by atoms with Crippen LogP contribution in [0.2, 0.25) is 0 Å². The van der Waals surface area contributed by atoms with E-state index in [-0.39, 0.29) is 29.8 Å². The number of benzene rings is 2. The summed E-state index contributed by atoms with van der Waals surface area (Å²) < 4.78 is 0. The van der Waals surface area contributed by atoms with E-state index < -0.39 is 24.2 Å². The molecule has 0 saturated carbocycles. The van der Waals surface area contributed by atoms with Crippen LogP contribution in [0.4, 0.5) is 0 Å². The van der Waals surface area contributed by atoms with E-state index in [4.69, 9.17) is 0 Å². The Bertz CT molecular complexity index is 1090. The first-order valence-electron chi connectivity index (χ1n) is 13.7. The molecule has 2 aliphatic rings. The Hall–Kier alpha value is -2.78. The van der Waals surface area contributed by atoms with Gasteiger partial charge in [-0.1, -0.05) is 54.6 Å². The molecular formula is C30H42N4O4. The number of aliphatic hydroxyl groups is 2. The highest BCUT2D eigenvalue weighted by Crippen LogP contribution is 2.32. The molecule has 38 heavy (non-hydrogen) atoms. The third kappa shape index (κ3) is 7.41. The molecule has 8 nitrogen and oxygen atoms in total. The first kappa shape index (κ1) is 28.2. The van der Waals surface area contributed by atoms with Crippen molar-refractivity contribution in [2.75, 3.05) is 26.2 Å². The van der Waals surface area contributed by atoms with Crippen LogP contribution in [0.5, 0.6) is 0 Å². The van der Waals surface area contributed by atoms with Gasteiger partial charge in [-0.2, -0.15) is 0 Å². The van der Waals surface area contributed by atoms with Crippen molar-refractivity contribution >= 4 is 11.8 Å². The molecular weight excluding hydrogens is 480 g/mol. The van der Waals surface area contributed by atoms with Gasteiger partial charge in [0.2, 0.25) is 11.8 Å². The van der Waals surface area contributed by atoms with Crippen molar-refractivity contribution in [1.29, 1.82) is 0 Å². The second kappa shape index (κ2) is 12.4. The van der Waals surface area contributed by atoms with Crippen molar-refractivity contribution in [3.8, 4) is 0 Å². The minimum atomic E-state index is -0.793. The molecule has 0 spiro atoms. The molecule has 8 heteroatoms. The number of hydrogen-bond donors (Lipinski definition) is 5. The van der Waals surface area contributed by atoms with Gasteiger partial charge in [-0.15, -0.1) is 0 Å². The van der Waals surface area contributed by atoms with Gasteiger partial charge in [-0.25, -0.2) is 0 Å². The second-order valence-electron chi connectivity index (χ2n) is 11.7. The summed E-state index contributed by atoms with van der Waals surface area (Å²) in [4.78, 5) is 28.5. The number of piperazine rings is 1. The average molecular weight is 523 g/mol. The summed E-state index contributed by atoms with van der Waals surface area (Å²) in [5, 5.41) is 31.3. The maximum atomic E-state index is 13.6. The molecule has 4 rings (SSSR count). The number of fused-ring (bicyclic) bond motifs is 1. The van der Waals surface area contributed by atoms with Crippen LogP contribution in [-0.2, 0) is 22.4 Å². The summed E-state index contributed by atoms with van der Waals surface area (Å²) in [6, 6.07) is 16.7. The first-order valence-corrected chi connectivity index (χ1v) is 13.7. The number of amides is 2. The number of hydrogen-bond acceptors (Lipinski definition) is 6.